The molecule has 2 aliphatic heterocycles. The summed E-state index contributed by atoms with van der Waals surface area (Å²) in [5.41, 5.74) is 1.84. The number of thioether (sulfide) groups is 1. The molecule has 0 spiro atoms. The van der Waals surface area contributed by atoms with Crippen LogP contribution >= 0.6 is 23.4 Å². The van der Waals surface area contributed by atoms with Crippen LogP contribution in [0.25, 0.3) is 17.4 Å². The van der Waals surface area contributed by atoms with Crippen LogP contribution in [0, 0.1) is 12.3 Å². The van der Waals surface area contributed by atoms with Crippen molar-refractivity contribution in [3.63, 3.8) is 0 Å². The van der Waals surface area contributed by atoms with Crippen molar-refractivity contribution < 1.29 is 13.9 Å². The van der Waals surface area contributed by atoms with Crippen LogP contribution in [0.15, 0.2) is 80.7 Å². The Hall–Kier alpha value is -3.62. The highest BCUT2D eigenvalue weighted by molar-refractivity contribution is 8.27. The molecule has 9 heteroatoms. The van der Waals surface area contributed by atoms with Gasteiger partial charge < -0.3 is 9.15 Å². The summed E-state index contributed by atoms with van der Waals surface area (Å²) in [7, 11) is 0. The molecule has 3 aromatic rings. The van der Waals surface area contributed by atoms with Crippen LogP contribution in [-0.4, -0.2) is 33.6 Å². The number of nitrogens with one attached hydrogen (secondary N) is 1. The van der Waals surface area contributed by atoms with E-state index in [1.807, 2.05) is 49.4 Å². The zero-order valence-electron chi connectivity index (χ0n) is 17.4. The van der Waals surface area contributed by atoms with E-state index < -0.39 is 5.91 Å². The quantitative estimate of drug-likeness (QED) is 0.483. The summed E-state index contributed by atoms with van der Waals surface area (Å²) in [4.78, 5) is 16.7. The van der Waals surface area contributed by atoms with Crippen molar-refractivity contribution in [1.29, 1.82) is 5.41 Å². The molecule has 33 heavy (non-hydrogen) atoms. The summed E-state index contributed by atoms with van der Waals surface area (Å²) >= 11 is 7.45. The molecule has 0 unspecified atom stereocenters. The lowest BCUT2D eigenvalue weighted by Gasteiger charge is -2.19. The Balaban J connectivity index is 1.35. The summed E-state index contributed by atoms with van der Waals surface area (Å²) in [5, 5.41) is 15.8. The van der Waals surface area contributed by atoms with Gasteiger partial charge in [0, 0.05) is 5.56 Å². The van der Waals surface area contributed by atoms with Gasteiger partial charge in [0.1, 0.15) is 28.9 Å². The van der Waals surface area contributed by atoms with Crippen molar-refractivity contribution in [3.8, 4) is 17.1 Å². The average molecular weight is 477 g/mol. The van der Waals surface area contributed by atoms with Crippen molar-refractivity contribution in [3.05, 3.63) is 82.6 Å². The molecule has 1 N–H and O–H groups in total. The Kier molecular flexibility index (Phi) is 5.62. The molecule has 7 nitrogen and oxygen atoms in total. The van der Waals surface area contributed by atoms with E-state index in [1.165, 1.54) is 22.8 Å². The maximum absolute atomic E-state index is 12.6. The number of hydrogen-bond donors (Lipinski definition) is 1. The van der Waals surface area contributed by atoms with Gasteiger partial charge in [0.25, 0.3) is 5.91 Å². The Bertz CT molecular complexity index is 1380. The van der Waals surface area contributed by atoms with Gasteiger partial charge in [-0.25, -0.2) is 0 Å². The minimum atomic E-state index is -0.522. The van der Waals surface area contributed by atoms with E-state index in [1.54, 1.807) is 18.2 Å². The predicted molar refractivity (Wildman–Crippen MR) is 131 cm³/mol. The Morgan fingerprint density at radius 1 is 1.15 bits per heavy atom. The summed E-state index contributed by atoms with van der Waals surface area (Å²) in [6.45, 7) is 2.18. The second-order valence-corrected chi connectivity index (χ2v) is 8.70. The van der Waals surface area contributed by atoms with Gasteiger partial charge >= 0.3 is 0 Å². The molecule has 164 valence electrons. The second kappa shape index (κ2) is 8.73. The highest BCUT2D eigenvalue weighted by Crippen LogP contribution is 2.32. The molecular formula is C24H17ClN4O3S. The van der Waals surface area contributed by atoms with Crippen LogP contribution in [0.2, 0.25) is 5.02 Å². The largest absolute Gasteiger partial charge is 0.486 e. The van der Waals surface area contributed by atoms with Gasteiger partial charge in [-0.15, -0.1) is 0 Å². The topological polar surface area (TPSA) is 91.2 Å². The highest BCUT2D eigenvalue weighted by Gasteiger charge is 2.36. The molecule has 1 amide bonds. The van der Waals surface area contributed by atoms with Crippen molar-refractivity contribution in [2.75, 3.05) is 6.61 Å². The number of amidine groups is 2. The molecule has 0 saturated heterocycles. The number of carbonyl (C=O) groups is 1. The number of fused-ring (bicyclic) bond motifs is 1. The van der Waals surface area contributed by atoms with Crippen molar-refractivity contribution >= 4 is 51.4 Å². The maximum atomic E-state index is 12.6. The van der Waals surface area contributed by atoms with Gasteiger partial charge in [0.05, 0.1) is 10.6 Å². The summed E-state index contributed by atoms with van der Waals surface area (Å²) in [6.07, 6.45) is 1.49. The monoisotopic (exact) mass is 476 g/mol. The van der Waals surface area contributed by atoms with Gasteiger partial charge in [-0.1, -0.05) is 41.9 Å². The van der Waals surface area contributed by atoms with Crippen molar-refractivity contribution in [2.45, 2.75) is 6.92 Å². The van der Waals surface area contributed by atoms with Crippen LogP contribution in [-0.2, 0) is 4.79 Å². The zero-order valence-corrected chi connectivity index (χ0v) is 19.0. The van der Waals surface area contributed by atoms with E-state index in [9.17, 15) is 4.79 Å². The standard InChI is InChI=1S/C24H17ClN4O3S/c1-14-6-2-5-9-19(14)31-13-21-28-29-22(26)17(23(30)27-24(29)33-21)12-15-10-11-20(32-15)16-7-3-4-8-18(16)25/h2-12,26H,13H2,1H3/b17-12-,26-22?. The molecule has 0 aliphatic carbocycles. The molecule has 2 aliphatic rings. The van der Waals surface area contributed by atoms with Gasteiger partial charge in [-0.2, -0.15) is 15.1 Å². The van der Waals surface area contributed by atoms with Crippen LogP contribution in [0.1, 0.15) is 11.3 Å². The lowest BCUT2D eigenvalue weighted by molar-refractivity contribution is -0.114. The summed E-state index contributed by atoms with van der Waals surface area (Å²) in [6, 6.07) is 18.5. The summed E-state index contributed by atoms with van der Waals surface area (Å²) in [5.74, 6) is 1.14. The smallest absolute Gasteiger partial charge is 0.283 e. The first-order valence-corrected chi connectivity index (χ1v) is 11.2. The van der Waals surface area contributed by atoms with Crippen LogP contribution in [0.3, 0.4) is 0 Å². The number of carbonyl (C=O) groups excluding carboxylic acids is 1. The first-order valence-electron chi connectivity index (χ1n) is 10.0. The molecule has 0 saturated carbocycles. The molecule has 2 aromatic carbocycles. The third-order valence-electron chi connectivity index (χ3n) is 4.99. The Morgan fingerprint density at radius 3 is 2.76 bits per heavy atom. The average Bonchev–Trinajstić information content (AvgIpc) is 3.43. The van der Waals surface area contributed by atoms with Gasteiger partial charge in [0.15, 0.2) is 5.84 Å². The number of nitrogens with zero attached hydrogens (tertiary/aromatic N) is 3. The number of rotatable bonds is 5. The third-order valence-corrected chi connectivity index (χ3v) is 6.21. The number of hydrazone groups is 1. The fourth-order valence-corrected chi connectivity index (χ4v) is 4.35. The number of amides is 1. The SMILES string of the molecule is Cc1ccccc1OCC1=NN2C(=N)/C(=C/c3ccc(-c4ccccc4Cl)o3)C(=O)N=C2S1. The van der Waals surface area contributed by atoms with E-state index in [0.717, 1.165) is 16.9 Å². The number of hydrogen-bond acceptors (Lipinski definition) is 6. The Labute approximate surface area is 198 Å². The number of ether oxygens (including phenoxy) is 1. The van der Waals surface area contributed by atoms with Crippen LogP contribution in [0.4, 0.5) is 0 Å². The van der Waals surface area contributed by atoms with Gasteiger partial charge in [-0.05, 0) is 60.7 Å². The molecule has 1 aromatic heterocycles. The van der Waals surface area contributed by atoms with E-state index in [2.05, 4.69) is 10.1 Å². The number of furan rings is 1. The maximum Gasteiger partial charge on any atom is 0.283 e. The third kappa shape index (κ3) is 4.22. The number of aliphatic imine (C=N–C) groups is 1. The first kappa shape index (κ1) is 21.2. The number of halogens is 1. The Morgan fingerprint density at radius 2 is 1.94 bits per heavy atom. The molecule has 0 radical (unpaired) electrons. The van der Waals surface area contributed by atoms with Crippen molar-refractivity contribution in [1.82, 2.24) is 5.01 Å². The predicted octanol–water partition coefficient (Wildman–Crippen LogP) is 5.61. The lowest BCUT2D eigenvalue weighted by atomic mass is 10.1. The van der Waals surface area contributed by atoms with E-state index in [-0.39, 0.29) is 18.0 Å². The number of para-hydroxylation sites is 1. The van der Waals surface area contributed by atoms with Crippen molar-refractivity contribution in [2.24, 2.45) is 10.1 Å². The number of benzene rings is 2. The zero-order chi connectivity index (χ0) is 22.9. The molecule has 5 rings (SSSR count). The molecular weight excluding hydrogens is 460 g/mol. The van der Waals surface area contributed by atoms with Crippen LogP contribution in [0.5, 0.6) is 5.75 Å². The van der Waals surface area contributed by atoms with E-state index in [4.69, 9.17) is 26.2 Å². The first-order chi connectivity index (χ1) is 16.0. The second-order valence-electron chi connectivity index (χ2n) is 7.25. The minimum absolute atomic E-state index is 0.0703. The van der Waals surface area contributed by atoms with E-state index >= 15 is 0 Å². The summed E-state index contributed by atoms with van der Waals surface area (Å²) < 4.78 is 11.7. The van der Waals surface area contributed by atoms with E-state index in [0.29, 0.717) is 26.8 Å². The normalized spacial score (nSPS) is 16.7. The minimum Gasteiger partial charge on any atom is -0.486 e. The van der Waals surface area contributed by atoms with Crippen LogP contribution < -0.4 is 4.74 Å². The molecule has 0 bridgehead atoms. The molecule has 0 fully saturated rings. The number of aryl methyl sites for hydroxylation is 1. The molecule has 3 heterocycles. The lowest BCUT2D eigenvalue weighted by Crippen LogP contribution is -2.35. The fraction of sp³-hybridized carbons (Fsp3) is 0.0833. The molecule has 0 atom stereocenters. The highest BCUT2D eigenvalue weighted by atomic mass is 35.5. The fourth-order valence-electron chi connectivity index (χ4n) is 3.33. The van der Waals surface area contributed by atoms with Gasteiger partial charge in [-0.3, -0.25) is 10.2 Å². The van der Waals surface area contributed by atoms with Gasteiger partial charge in [0.2, 0.25) is 5.17 Å².